The lowest BCUT2D eigenvalue weighted by molar-refractivity contribution is 0.203. The Morgan fingerprint density at radius 3 is 2.00 bits per heavy atom. The van der Waals surface area contributed by atoms with Crippen LogP contribution in [-0.4, -0.2) is 85.2 Å². The van der Waals surface area contributed by atoms with Crippen LogP contribution in [0.3, 0.4) is 0 Å². The molecule has 0 bridgehead atoms. The average molecular weight is 507 g/mol. The molecule has 0 spiro atoms. The Labute approximate surface area is 178 Å². The van der Waals surface area contributed by atoms with Gasteiger partial charge in [-0.2, -0.15) is 16.8 Å². The zero-order chi connectivity index (χ0) is 21.7. The summed E-state index contributed by atoms with van der Waals surface area (Å²) in [5, 5.41) is 2.85. The van der Waals surface area contributed by atoms with E-state index in [1.807, 2.05) is 0 Å². The molecule has 0 saturated carbocycles. The van der Waals surface area contributed by atoms with Gasteiger partial charge in [-0.25, -0.2) is 9.76 Å². The summed E-state index contributed by atoms with van der Waals surface area (Å²) in [6.07, 6.45) is 3.68. The summed E-state index contributed by atoms with van der Waals surface area (Å²) in [5.74, 6) is 0.873. The standard InChI is InChI=1S/C7H15Cl2N2O2P.C6H14O6S2/c8-2-4-10-14(12)11(6-3-9)5-1-7-13-14;1-13(7,8)11-5-3-4-6-12-14(2,9)10/h1-7H2,(H,10,12);3-6H2,1-2H3. The molecule has 0 aliphatic carbocycles. The van der Waals surface area contributed by atoms with Crippen molar-refractivity contribution in [1.29, 1.82) is 0 Å². The number of hydrogen-bond donors (Lipinski definition) is 1. The van der Waals surface area contributed by atoms with E-state index < -0.39 is 27.9 Å². The first-order valence-corrected chi connectivity index (χ1v) is 14.8. The molecule has 15 heteroatoms. The van der Waals surface area contributed by atoms with Gasteiger partial charge >= 0.3 is 7.67 Å². The quantitative estimate of drug-likeness (QED) is 0.180. The Morgan fingerprint density at radius 1 is 1.04 bits per heavy atom. The lowest BCUT2D eigenvalue weighted by Crippen LogP contribution is -2.36. The van der Waals surface area contributed by atoms with Crippen LogP contribution in [0.1, 0.15) is 19.3 Å². The molecule has 0 amide bonds. The van der Waals surface area contributed by atoms with Gasteiger partial charge in [-0.1, -0.05) is 0 Å². The molecule has 0 aromatic heterocycles. The number of nitrogens with zero attached hydrogens (tertiary/aromatic N) is 1. The van der Waals surface area contributed by atoms with E-state index in [0.717, 1.165) is 25.5 Å². The molecule has 1 aliphatic rings. The van der Waals surface area contributed by atoms with Gasteiger partial charge in [0, 0.05) is 31.4 Å². The zero-order valence-electron chi connectivity index (χ0n) is 16.0. The second kappa shape index (κ2) is 14.5. The Balaban J connectivity index is 0.000000521. The molecule has 10 nitrogen and oxygen atoms in total. The third-order valence-corrected chi connectivity index (χ3v) is 6.93. The molecule has 0 radical (unpaired) electrons. The Bertz CT molecular complexity index is 640. The Hall–Kier alpha value is 0.510. The average Bonchev–Trinajstić information content (AvgIpc) is 2.57. The van der Waals surface area contributed by atoms with E-state index in [4.69, 9.17) is 27.7 Å². The molecule has 170 valence electrons. The molecule has 0 aromatic rings. The maximum atomic E-state index is 12.2. The molecule has 1 N–H and O–H groups in total. The van der Waals surface area contributed by atoms with Crippen LogP contribution in [0.2, 0.25) is 0 Å². The zero-order valence-corrected chi connectivity index (χ0v) is 20.1. The lowest BCUT2D eigenvalue weighted by Gasteiger charge is -2.34. The highest BCUT2D eigenvalue weighted by Gasteiger charge is 2.33. The summed E-state index contributed by atoms with van der Waals surface area (Å²) in [4.78, 5) is 0. The first kappa shape index (κ1) is 28.5. The number of hydrogen-bond acceptors (Lipinski definition) is 8. The van der Waals surface area contributed by atoms with Gasteiger partial charge in [0.25, 0.3) is 20.2 Å². The summed E-state index contributed by atoms with van der Waals surface area (Å²) in [6.45, 7) is 2.45. The predicted molar refractivity (Wildman–Crippen MR) is 110 cm³/mol. The Kier molecular flexibility index (Phi) is 14.8. The van der Waals surface area contributed by atoms with Gasteiger partial charge < -0.3 is 4.52 Å². The van der Waals surface area contributed by atoms with Crippen molar-refractivity contribution in [2.24, 2.45) is 0 Å². The summed E-state index contributed by atoms with van der Waals surface area (Å²) in [6, 6.07) is 0. The largest absolute Gasteiger partial charge is 0.343 e. The number of halogens is 2. The van der Waals surface area contributed by atoms with E-state index in [1.165, 1.54) is 0 Å². The van der Waals surface area contributed by atoms with Crippen LogP contribution in [0.5, 0.6) is 0 Å². The topological polar surface area (TPSA) is 128 Å². The minimum absolute atomic E-state index is 0.0476. The van der Waals surface area contributed by atoms with Crippen LogP contribution in [0.25, 0.3) is 0 Å². The highest BCUT2D eigenvalue weighted by Crippen LogP contribution is 2.48. The molecular weight excluding hydrogens is 478 g/mol. The maximum absolute atomic E-state index is 12.2. The van der Waals surface area contributed by atoms with Crippen molar-refractivity contribution >= 4 is 51.1 Å². The van der Waals surface area contributed by atoms with Crippen LogP contribution in [0.15, 0.2) is 0 Å². The van der Waals surface area contributed by atoms with Crippen LogP contribution in [-0.2, 0) is 37.7 Å². The van der Waals surface area contributed by atoms with Crippen LogP contribution in [0, 0.1) is 0 Å². The molecule has 1 rings (SSSR count). The first-order valence-electron chi connectivity index (χ1n) is 8.49. The second-order valence-corrected chi connectivity index (χ2v) is 11.9. The lowest BCUT2D eigenvalue weighted by atomic mass is 10.3. The van der Waals surface area contributed by atoms with Crippen molar-refractivity contribution in [3.05, 3.63) is 0 Å². The van der Waals surface area contributed by atoms with Gasteiger partial charge in [-0.3, -0.25) is 12.9 Å². The minimum Gasteiger partial charge on any atom is -0.306 e. The van der Waals surface area contributed by atoms with Crippen LogP contribution < -0.4 is 5.09 Å². The summed E-state index contributed by atoms with van der Waals surface area (Å²) in [5.41, 5.74) is 0. The minimum atomic E-state index is -3.40. The Morgan fingerprint density at radius 2 is 1.57 bits per heavy atom. The molecule has 1 aliphatic heterocycles. The third-order valence-electron chi connectivity index (χ3n) is 3.08. The summed E-state index contributed by atoms with van der Waals surface area (Å²) >= 11 is 11.1. The molecule has 1 atom stereocenters. The molecule has 1 unspecified atom stereocenters. The number of alkyl halides is 2. The van der Waals surface area contributed by atoms with Gasteiger partial charge in [0.05, 0.1) is 32.3 Å². The van der Waals surface area contributed by atoms with Gasteiger partial charge in [-0.15, -0.1) is 23.2 Å². The normalized spacial score (nSPS) is 21.1. The highest BCUT2D eigenvalue weighted by atomic mass is 35.5. The molecule has 1 fully saturated rings. The molecule has 0 aromatic carbocycles. The fourth-order valence-corrected chi connectivity index (χ4v) is 5.33. The third kappa shape index (κ3) is 15.4. The van der Waals surface area contributed by atoms with Crippen molar-refractivity contribution in [2.75, 3.05) is 63.7 Å². The molecule has 1 saturated heterocycles. The summed E-state index contributed by atoms with van der Waals surface area (Å²) in [7, 11) is -9.64. The van der Waals surface area contributed by atoms with Crippen LogP contribution in [0.4, 0.5) is 0 Å². The number of unbranched alkanes of at least 4 members (excludes halogenated alkanes) is 1. The monoisotopic (exact) mass is 506 g/mol. The molecular formula is C13H29Cl2N2O8PS2. The van der Waals surface area contributed by atoms with Crippen molar-refractivity contribution in [3.8, 4) is 0 Å². The van der Waals surface area contributed by atoms with Gasteiger partial charge in [0.2, 0.25) is 0 Å². The maximum Gasteiger partial charge on any atom is 0.343 e. The van der Waals surface area contributed by atoms with Crippen molar-refractivity contribution < 1.29 is 34.3 Å². The van der Waals surface area contributed by atoms with Crippen molar-refractivity contribution in [2.45, 2.75) is 19.3 Å². The van der Waals surface area contributed by atoms with E-state index >= 15 is 0 Å². The molecule has 1 heterocycles. The van der Waals surface area contributed by atoms with Crippen molar-refractivity contribution in [3.63, 3.8) is 0 Å². The van der Waals surface area contributed by atoms with Crippen molar-refractivity contribution in [1.82, 2.24) is 9.76 Å². The van der Waals surface area contributed by atoms with Gasteiger partial charge in [0.1, 0.15) is 0 Å². The first-order chi connectivity index (χ1) is 12.9. The second-order valence-electron chi connectivity index (χ2n) is 5.71. The fraction of sp³-hybridized carbons (Fsp3) is 1.00. The number of rotatable bonds is 12. The van der Waals surface area contributed by atoms with E-state index in [-0.39, 0.29) is 13.2 Å². The SMILES string of the molecule is CS(=O)(=O)OCCCCOS(C)(=O)=O.O=P1(NCCCl)OCCCN1CCCl. The molecule has 28 heavy (non-hydrogen) atoms. The highest BCUT2D eigenvalue weighted by molar-refractivity contribution is 7.86. The van der Waals surface area contributed by atoms with Crippen LogP contribution >= 0.6 is 30.9 Å². The van der Waals surface area contributed by atoms with Gasteiger partial charge in [0.15, 0.2) is 0 Å². The van der Waals surface area contributed by atoms with Gasteiger partial charge in [-0.05, 0) is 19.3 Å². The summed E-state index contributed by atoms with van der Waals surface area (Å²) < 4.78 is 70.0. The van der Waals surface area contributed by atoms with E-state index in [1.54, 1.807) is 4.67 Å². The fourth-order valence-electron chi connectivity index (χ4n) is 1.94. The smallest absolute Gasteiger partial charge is 0.306 e. The predicted octanol–water partition coefficient (Wildman–Crippen LogP) is 1.60. The van der Waals surface area contributed by atoms with E-state index in [0.29, 0.717) is 44.3 Å². The van der Waals surface area contributed by atoms with E-state index in [2.05, 4.69) is 13.5 Å². The van der Waals surface area contributed by atoms with E-state index in [9.17, 15) is 21.4 Å². The number of nitrogens with one attached hydrogen (secondary N) is 1.